The van der Waals surface area contributed by atoms with Gasteiger partial charge >= 0.3 is 6.03 Å². The second-order valence-electron chi connectivity index (χ2n) is 6.73. The fraction of sp³-hybridized carbons (Fsp3) is 0.500. The lowest BCUT2D eigenvalue weighted by Crippen LogP contribution is -2.43. The number of anilines is 2. The number of hydrogen-bond donors (Lipinski definition) is 3. The minimum Gasteiger partial charge on any atom is -0.396 e. The van der Waals surface area contributed by atoms with Crippen LogP contribution in [-0.4, -0.2) is 51.4 Å². The van der Waals surface area contributed by atoms with E-state index in [9.17, 15) is 9.90 Å². The number of aromatic nitrogens is 4. The van der Waals surface area contributed by atoms with Gasteiger partial charge in [-0.15, -0.1) is 0 Å². The van der Waals surface area contributed by atoms with Crippen molar-refractivity contribution in [1.82, 2.24) is 24.8 Å². The van der Waals surface area contributed by atoms with Gasteiger partial charge in [0.25, 0.3) is 0 Å². The quantitative estimate of drug-likeness (QED) is 0.723. The van der Waals surface area contributed by atoms with Crippen molar-refractivity contribution in [3.05, 3.63) is 30.6 Å². The number of amides is 2. The van der Waals surface area contributed by atoms with E-state index >= 15 is 0 Å². The zero-order valence-electron chi connectivity index (χ0n) is 15.2. The summed E-state index contributed by atoms with van der Waals surface area (Å²) in [4.78, 5) is 26.7. The van der Waals surface area contributed by atoms with E-state index in [1.807, 2.05) is 44.5 Å². The van der Waals surface area contributed by atoms with Crippen molar-refractivity contribution in [2.24, 2.45) is 12.5 Å². The third-order valence-electron chi connectivity index (χ3n) is 3.93. The van der Waals surface area contributed by atoms with E-state index < -0.39 is 17.5 Å². The number of rotatable bonds is 6. The first-order valence-electron chi connectivity index (χ1n) is 7.89. The monoisotopic (exact) mass is 347 g/mol. The summed E-state index contributed by atoms with van der Waals surface area (Å²) >= 11 is 0. The molecule has 2 amide bonds. The predicted octanol–water partition coefficient (Wildman–Crippen LogP) is 1.16. The average Bonchev–Trinajstić information content (AvgIpc) is 2.98. The Kier molecular flexibility index (Phi) is 5.58. The van der Waals surface area contributed by atoms with Crippen molar-refractivity contribution < 1.29 is 9.90 Å². The van der Waals surface area contributed by atoms with Crippen molar-refractivity contribution in [3.63, 3.8) is 0 Å². The van der Waals surface area contributed by atoms with Crippen LogP contribution in [0.25, 0.3) is 0 Å². The van der Waals surface area contributed by atoms with Gasteiger partial charge in [0.05, 0.1) is 12.6 Å². The summed E-state index contributed by atoms with van der Waals surface area (Å²) in [5, 5.41) is 15.3. The van der Waals surface area contributed by atoms with Crippen LogP contribution in [-0.2, 0) is 7.05 Å². The molecule has 0 saturated carbocycles. The highest BCUT2D eigenvalue weighted by atomic mass is 16.3. The maximum absolute atomic E-state index is 12.5. The molecule has 2 heterocycles. The number of carbonyl (C=O) groups is 1. The van der Waals surface area contributed by atoms with E-state index in [-0.39, 0.29) is 6.61 Å². The molecule has 0 radical (unpaired) electrons. The Hall–Kier alpha value is -2.68. The third kappa shape index (κ3) is 4.44. The summed E-state index contributed by atoms with van der Waals surface area (Å²) in [5.74, 6) is 1.73. The standard InChI is InChI=1S/C16H25N7O2/c1-16(2,9-24)13(14-17-6-7-23(14)5)21-15(25)20-11-8-12(22(3)4)19-10-18-11/h6-8,10,13,24H,9H2,1-5H3,(H2,18,19,20,21,25). The summed E-state index contributed by atoms with van der Waals surface area (Å²) < 4.78 is 1.82. The van der Waals surface area contributed by atoms with Gasteiger partial charge < -0.3 is 19.9 Å². The molecular formula is C16H25N7O2. The highest BCUT2D eigenvalue weighted by Gasteiger charge is 2.34. The maximum atomic E-state index is 12.5. The molecule has 0 saturated heterocycles. The van der Waals surface area contributed by atoms with Crippen molar-refractivity contribution in [2.45, 2.75) is 19.9 Å². The summed E-state index contributed by atoms with van der Waals surface area (Å²) in [6.45, 7) is 3.62. The molecule has 2 aromatic heterocycles. The Morgan fingerprint density at radius 2 is 2.08 bits per heavy atom. The van der Waals surface area contributed by atoms with Gasteiger partial charge in [-0.25, -0.2) is 19.7 Å². The molecule has 1 unspecified atom stereocenters. The van der Waals surface area contributed by atoms with Gasteiger partial charge in [-0.05, 0) is 0 Å². The minimum atomic E-state index is -0.600. The van der Waals surface area contributed by atoms with Gasteiger partial charge in [-0.2, -0.15) is 0 Å². The van der Waals surface area contributed by atoms with Crippen LogP contribution < -0.4 is 15.5 Å². The van der Waals surface area contributed by atoms with Crippen LogP contribution in [0.3, 0.4) is 0 Å². The van der Waals surface area contributed by atoms with Crippen LogP contribution in [0.15, 0.2) is 24.8 Å². The zero-order chi connectivity index (χ0) is 18.6. The van der Waals surface area contributed by atoms with Gasteiger partial charge in [0.2, 0.25) is 0 Å². The molecule has 0 aromatic carbocycles. The van der Waals surface area contributed by atoms with Crippen LogP contribution >= 0.6 is 0 Å². The fourth-order valence-corrected chi connectivity index (χ4v) is 2.30. The van der Waals surface area contributed by atoms with Crippen LogP contribution in [0.4, 0.5) is 16.4 Å². The second-order valence-corrected chi connectivity index (χ2v) is 6.73. The van der Waals surface area contributed by atoms with Gasteiger partial charge in [-0.3, -0.25) is 5.32 Å². The number of aliphatic hydroxyl groups is 1. The lowest BCUT2D eigenvalue weighted by molar-refractivity contribution is 0.114. The Labute approximate surface area is 147 Å². The molecule has 0 aliphatic heterocycles. The Balaban J connectivity index is 2.18. The van der Waals surface area contributed by atoms with Crippen molar-refractivity contribution in [1.29, 1.82) is 0 Å². The highest BCUT2D eigenvalue weighted by molar-refractivity contribution is 5.88. The molecule has 0 aliphatic rings. The largest absolute Gasteiger partial charge is 0.396 e. The van der Waals surface area contributed by atoms with Crippen molar-refractivity contribution >= 4 is 17.7 Å². The molecule has 136 valence electrons. The highest BCUT2D eigenvalue weighted by Crippen LogP contribution is 2.31. The molecule has 2 rings (SSSR count). The zero-order valence-corrected chi connectivity index (χ0v) is 15.2. The van der Waals surface area contributed by atoms with Crippen molar-refractivity contribution in [3.8, 4) is 0 Å². The summed E-state index contributed by atoms with van der Waals surface area (Å²) in [6, 6.07) is 0.762. The van der Waals surface area contributed by atoms with Crippen LogP contribution in [0, 0.1) is 5.41 Å². The molecule has 1 atom stereocenters. The summed E-state index contributed by atoms with van der Waals surface area (Å²) in [7, 11) is 5.55. The molecule has 2 aromatic rings. The number of urea groups is 1. The van der Waals surface area contributed by atoms with E-state index in [2.05, 4.69) is 25.6 Å². The first-order chi connectivity index (χ1) is 11.7. The van der Waals surface area contributed by atoms with Crippen LogP contribution in [0.1, 0.15) is 25.7 Å². The molecule has 9 heteroatoms. The van der Waals surface area contributed by atoms with E-state index in [0.717, 1.165) is 0 Å². The van der Waals surface area contributed by atoms with E-state index in [1.165, 1.54) is 6.33 Å². The van der Waals surface area contributed by atoms with Gasteiger partial charge in [0, 0.05) is 45.0 Å². The first-order valence-corrected chi connectivity index (χ1v) is 7.89. The van der Waals surface area contributed by atoms with Crippen LogP contribution in [0.2, 0.25) is 0 Å². The maximum Gasteiger partial charge on any atom is 0.321 e. The van der Waals surface area contributed by atoms with E-state index in [4.69, 9.17) is 0 Å². The van der Waals surface area contributed by atoms with Gasteiger partial charge in [0.15, 0.2) is 0 Å². The van der Waals surface area contributed by atoms with Crippen molar-refractivity contribution in [2.75, 3.05) is 30.9 Å². The number of aliphatic hydroxyl groups excluding tert-OH is 1. The molecule has 25 heavy (non-hydrogen) atoms. The molecule has 0 bridgehead atoms. The smallest absolute Gasteiger partial charge is 0.321 e. The van der Waals surface area contributed by atoms with Gasteiger partial charge in [0.1, 0.15) is 23.8 Å². The topological polar surface area (TPSA) is 108 Å². The second kappa shape index (κ2) is 7.47. The number of nitrogens with zero attached hydrogens (tertiary/aromatic N) is 5. The molecule has 3 N–H and O–H groups in total. The third-order valence-corrected chi connectivity index (χ3v) is 3.93. The minimum absolute atomic E-state index is 0.108. The van der Waals surface area contributed by atoms with E-state index in [1.54, 1.807) is 18.5 Å². The lowest BCUT2D eigenvalue weighted by atomic mass is 9.84. The molecule has 0 aliphatic carbocycles. The fourth-order valence-electron chi connectivity index (χ4n) is 2.30. The number of imidazole rings is 1. The Morgan fingerprint density at radius 3 is 2.64 bits per heavy atom. The summed E-state index contributed by atoms with van der Waals surface area (Å²) in [6.07, 6.45) is 4.84. The molecule has 0 spiro atoms. The predicted molar refractivity (Wildman–Crippen MR) is 95.3 cm³/mol. The number of nitrogens with one attached hydrogen (secondary N) is 2. The normalized spacial score (nSPS) is 12.6. The Bertz CT molecular complexity index is 727. The van der Waals surface area contributed by atoms with Crippen LogP contribution in [0.5, 0.6) is 0 Å². The van der Waals surface area contributed by atoms with Gasteiger partial charge in [-0.1, -0.05) is 13.8 Å². The molecule has 0 fully saturated rings. The summed E-state index contributed by atoms with van der Waals surface area (Å²) in [5.41, 5.74) is -0.600. The lowest BCUT2D eigenvalue weighted by Gasteiger charge is -2.32. The number of hydrogen-bond acceptors (Lipinski definition) is 6. The molecular weight excluding hydrogens is 322 g/mol. The SMILES string of the molecule is CN(C)c1cc(NC(=O)NC(c2nccn2C)C(C)(C)CO)ncn1. The average molecular weight is 347 g/mol. The molecule has 9 nitrogen and oxygen atoms in total. The first kappa shape index (κ1) is 18.7. The Morgan fingerprint density at radius 1 is 1.36 bits per heavy atom. The van der Waals surface area contributed by atoms with E-state index in [0.29, 0.717) is 17.5 Å². The number of carbonyl (C=O) groups excluding carboxylic acids is 1. The number of aryl methyl sites for hydroxylation is 1.